The van der Waals surface area contributed by atoms with Gasteiger partial charge in [-0.2, -0.15) is 0 Å². The first-order valence-corrected chi connectivity index (χ1v) is 7.51. The Morgan fingerprint density at radius 1 is 1.28 bits per heavy atom. The molecule has 0 aliphatic carbocycles. The summed E-state index contributed by atoms with van der Waals surface area (Å²) in [6.45, 7) is 10.6. The molecule has 0 radical (unpaired) electrons. The van der Waals surface area contributed by atoms with Crippen molar-refractivity contribution < 1.29 is 5.11 Å². The van der Waals surface area contributed by atoms with Gasteiger partial charge in [-0.25, -0.2) is 0 Å². The second kappa shape index (κ2) is 7.15. The Balaban J connectivity index is 2.90. The largest absolute Gasteiger partial charge is 0.389 e. The number of hydrogen-bond acceptors (Lipinski definition) is 2. The molecule has 1 rings (SSSR count). The normalized spacial score (nSPS) is 14.3. The first-order chi connectivity index (χ1) is 8.49. The molecule has 1 aromatic carbocycles. The van der Waals surface area contributed by atoms with Gasteiger partial charge < -0.3 is 10.0 Å². The van der Waals surface area contributed by atoms with Crippen LogP contribution in [0.1, 0.15) is 45.8 Å². The summed E-state index contributed by atoms with van der Waals surface area (Å²) in [6.07, 6.45) is 0.765. The Bertz CT molecular complexity index is 379. The second-order valence-corrected chi connectivity index (χ2v) is 5.79. The molecule has 3 heteroatoms. The van der Waals surface area contributed by atoms with Gasteiger partial charge >= 0.3 is 0 Å². The molecule has 0 saturated heterocycles. The molecule has 0 heterocycles. The highest BCUT2D eigenvalue weighted by atomic mass is 79.9. The molecule has 18 heavy (non-hydrogen) atoms. The molecule has 0 aliphatic rings. The summed E-state index contributed by atoms with van der Waals surface area (Å²) in [7, 11) is 0. The van der Waals surface area contributed by atoms with Crippen molar-refractivity contribution in [3.63, 3.8) is 0 Å². The van der Waals surface area contributed by atoms with E-state index in [2.05, 4.69) is 53.7 Å². The van der Waals surface area contributed by atoms with Crippen LogP contribution in [-0.4, -0.2) is 18.2 Å². The summed E-state index contributed by atoms with van der Waals surface area (Å²) in [4.78, 5) is 2.38. The molecule has 0 aliphatic heterocycles. The summed E-state index contributed by atoms with van der Waals surface area (Å²) in [5.41, 5.74) is 2.16. The third-order valence-corrected chi connectivity index (χ3v) is 4.10. The highest BCUT2D eigenvalue weighted by Gasteiger charge is 2.11. The van der Waals surface area contributed by atoms with E-state index < -0.39 is 6.10 Å². The number of halogens is 1. The first-order valence-electron chi connectivity index (χ1n) is 6.72. The summed E-state index contributed by atoms with van der Waals surface area (Å²) in [5.74, 6) is 0.695. The number of rotatable bonds is 6. The Labute approximate surface area is 119 Å². The van der Waals surface area contributed by atoms with Crippen molar-refractivity contribution in [3.05, 3.63) is 28.2 Å². The Morgan fingerprint density at radius 3 is 2.39 bits per heavy atom. The van der Waals surface area contributed by atoms with Gasteiger partial charge in [-0.15, -0.1) is 0 Å². The molecule has 0 spiro atoms. The van der Waals surface area contributed by atoms with Crippen LogP contribution in [-0.2, 0) is 0 Å². The van der Waals surface area contributed by atoms with Crippen LogP contribution in [0.15, 0.2) is 22.7 Å². The summed E-state index contributed by atoms with van der Waals surface area (Å²) in [6, 6.07) is 6.20. The quantitative estimate of drug-likeness (QED) is 0.842. The maximum absolute atomic E-state index is 9.63. The number of aliphatic hydroxyl groups is 1. The van der Waals surface area contributed by atoms with Crippen LogP contribution in [0.5, 0.6) is 0 Å². The Hall–Kier alpha value is -0.540. The van der Waals surface area contributed by atoms with Crippen molar-refractivity contribution in [1.82, 2.24) is 0 Å². The minimum atomic E-state index is -0.432. The molecule has 0 saturated carbocycles. The highest BCUT2D eigenvalue weighted by Crippen LogP contribution is 2.28. The lowest BCUT2D eigenvalue weighted by Crippen LogP contribution is -2.28. The van der Waals surface area contributed by atoms with Crippen LogP contribution in [0.4, 0.5) is 5.69 Å². The smallest absolute Gasteiger partial charge is 0.0772 e. The average Bonchev–Trinajstić information content (AvgIpc) is 2.34. The number of nitrogens with zero attached hydrogens (tertiary/aromatic N) is 1. The summed E-state index contributed by atoms with van der Waals surface area (Å²) < 4.78 is 0.984. The number of aliphatic hydroxyl groups excluding tert-OH is 1. The van der Waals surface area contributed by atoms with E-state index in [4.69, 9.17) is 0 Å². The number of hydrogen-bond donors (Lipinski definition) is 1. The van der Waals surface area contributed by atoms with Gasteiger partial charge in [-0.3, -0.25) is 0 Å². The molecule has 0 aromatic heterocycles. The molecular formula is C15H24BrNO. The van der Waals surface area contributed by atoms with Crippen LogP contribution in [0, 0.1) is 5.92 Å². The predicted molar refractivity (Wildman–Crippen MR) is 82.1 cm³/mol. The van der Waals surface area contributed by atoms with E-state index in [0.29, 0.717) is 5.92 Å². The van der Waals surface area contributed by atoms with Gasteiger partial charge in [0.25, 0.3) is 0 Å². The third-order valence-electron chi connectivity index (χ3n) is 3.41. The lowest BCUT2D eigenvalue weighted by Gasteiger charge is -2.27. The fraction of sp³-hybridized carbons (Fsp3) is 0.600. The zero-order chi connectivity index (χ0) is 13.7. The zero-order valence-electron chi connectivity index (χ0n) is 11.8. The van der Waals surface area contributed by atoms with Crippen molar-refractivity contribution in [1.29, 1.82) is 0 Å². The molecule has 0 fully saturated rings. The van der Waals surface area contributed by atoms with E-state index in [1.165, 1.54) is 12.1 Å². The topological polar surface area (TPSA) is 23.5 Å². The molecule has 1 aromatic rings. The van der Waals surface area contributed by atoms with Crippen molar-refractivity contribution in [2.75, 3.05) is 18.0 Å². The van der Waals surface area contributed by atoms with Gasteiger partial charge in [0, 0.05) is 23.2 Å². The molecule has 2 nitrogen and oxygen atoms in total. The minimum Gasteiger partial charge on any atom is -0.389 e. The van der Waals surface area contributed by atoms with E-state index in [-0.39, 0.29) is 0 Å². The first kappa shape index (κ1) is 15.5. The van der Waals surface area contributed by atoms with Crippen LogP contribution in [0.2, 0.25) is 0 Å². The lowest BCUT2D eigenvalue weighted by atomic mass is 10.1. The van der Waals surface area contributed by atoms with E-state index in [1.54, 1.807) is 6.92 Å². The van der Waals surface area contributed by atoms with Crippen molar-refractivity contribution in [2.24, 2.45) is 5.92 Å². The molecule has 2 atom stereocenters. The summed E-state index contributed by atoms with van der Waals surface area (Å²) in [5, 5.41) is 9.63. The Morgan fingerprint density at radius 2 is 1.94 bits per heavy atom. The zero-order valence-corrected chi connectivity index (χ0v) is 13.4. The molecule has 1 unspecified atom stereocenters. The van der Waals surface area contributed by atoms with Gasteiger partial charge in [0.15, 0.2) is 0 Å². The van der Waals surface area contributed by atoms with Crippen molar-refractivity contribution in [2.45, 2.75) is 40.2 Å². The average molecular weight is 314 g/mol. The van der Waals surface area contributed by atoms with Crippen molar-refractivity contribution in [3.8, 4) is 0 Å². The van der Waals surface area contributed by atoms with E-state index in [0.717, 1.165) is 23.1 Å². The van der Waals surface area contributed by atoms with E-state index in [9.17, 15) is 5.11 Å². The number of benzene rings is 1. The van der Waals surface area contributed by atoms with Gasteiger partial charge in [0.1, 0.15) is 0 Å². The maximum atomic E-state index is 9.63. The molecular weight excluding hydrogens is 290 g/mol. The predicted octanol–water partition coefficient (Wildman–Crippen LogP) is 4.37. The van der Waals surface area contributed by atoms with Gasteiger partial charge in [0.2, 0.25) is 0 Å². The maximum Gasteiger partial charge on any atom is 0.0772 e. The van der Waals surface area contributed by atoms with Crippen LogP contribution in [0.25, 0.3) is 0 Å². The lowest BCUT2D eigenvalue weighted by molar-refractivity contribution is 0.198. The fourth-order valence-electron chi connectivity index (χ4n) is 1.97. The van der Waals surface area contributed by atoms with E-state index in [1.807, 2.05) is 6.07 Å². The third kappa shape index (κ3) is 3.99. The molecule has 102 valence electrons. The Kier molecular flexibility index (Phi) is 6.16. The van der Waals surface area contributed by atoms with Crippen molar-refractivity contribution >= 4 is 21.6 Å². The minimum absolute atomic E-state index is 0.432. The van der Waals surface area contributed by atoms with Gasteiger partial charge in [-0.05, 0) is 37.5 Å². The van der Waals surface area contributed by atoms with Crippen LogP contribution < -0.4 is 4.90 Å². The number of anilines is 1. The monoisotopic (exact) mass is 313 g/mol. The second-order valence-electron chi connectivity index (χ2n) is 4.93. The fourth-order valence-corrected chi connectivity index (χ4v) is 2.67. The highest BCUT2D eigenvalue weighted by molar-refractivity contribution is 9.10. The molecule has 0 amide bonds. The van der Waals surface area contributed by atoms with Crippen LogP contribution in [0.3, 0.4) is 0 Å². The van der Waals surface area contributed by atoms with Crippen LogP contribution >= 0.6 is 15.9 Å². The molecule has 0 bridgehead atoms. The van der Waals surface area contributed by atoms with Gasteiger partial charge in [-0.1, -0.05) is 42.3 Å². The SMILES string of the molecule is CCC(C)CN(CC)c1ccc([C@@H](C)O)c(Br)c1. The molecule has 1 N–H and O–H groups in total. The van der Waals surface area contributed by atoms with Gasteiger partial charge in [0.05, 0.1) is 6.10 Å². The van der Waals surface area contributed by atoms with E-state index >= 15 is 0 Å². The summed E-state index contributed by atoms with van der Waals surface area (Å²) >= 11 is 3.54. The standard InChI is InChI=1S/C15H24BrNO/c1-5-11(3)10-17(6-2)13-7-8-14(12(4)18)15(16)9-13/h7-9,11-12,18H,5-6,10H2,1-4H3/t11?,12-/m1/s1.